The maximum absolute atomic E-state index is 13.1. The van der Waals surface area contributed by atoms with E-state index in [1.165, 1.54) is 11.3 Å². The van der Waals surface area contributed by atoms with Crippen LogP contribution in [0.25, 0.3) is 6.08 Å². The topological polar surface area (TPSA) is 64.1 Å². The van der Waals surface area contributed by atoms with E-state index in [9.17, 15) is 4.79 Å². The van der Waals surface area contributed by atoms with Crippen LogP contribution >= 0.6 is 22.9 Å². The first-order valence-corrected chi connectivity index (χ1v) is 11.6. The van der Waals surface area contributed by atoms with Crippen LogP contribution in [0.2, 0.25) is 5.15 Å². The van der Waals surface area contributed by atoms with Crippen molar-refractivity contribution in [2.75, 3.05) is 69.5 Å². The van der Waals surface area contributed by atoms with Crippen LogP contribution in [0.4, 0.5) is 10.8 Å². The van der Waals surface area contributed by atoms with Crippen LogP contribution in [0.1, 0.15) is 20.8 Å². The third kappa shape index (κ3) is 4.05. The molecule has 0 atom stereocenters. The average molecular weight is 462 g/mol. The molecule has 5 rings (SSSR count). The van der Waals surface area contributed by atoms with Crippen molar-refractivity contribution in [3.63, 3.8) is 0 Å². The van der Waals surface area contributed by atoms with Gasteiger partial charge in [-0.3, -0.25) is 4.79 Å². The second-order valence-corrected chi connectivity index (χ2v) is 9.07. The van der Waals surface area contributed by atoms with Gasteiger partial charge in [0, 0.05) is 43.7 Å². The Labute approximate surface area is 190 Å². The number of hydrogen-bond acceptors (Lipinski definition) is 8. The summed E-state index contributed by atoms with van der Waals surface area (Å²) >= 11 is 7.94. The summed E-state index contributed by atoms with van der Waals surface area (Å²) in [7, 11) is 1.64. The molecule has 3 aliphatic rings. The van der Waals surface area contributed by atoms with Gasteiger partial charge >= 0.3 is 0 Å². The third-order valence-electron chi connectivity index (χ3n) is 5.86. The molecule has 0 unspecified atom stereocenters. The number of nitrogens with zero attached hydrogens (tertiary/aromatic N) is 3. The first-order chi connectivity index (χ1) is 15.1. The van der Waals surface area contributed by atoms with E-state index in [4.69, 9.17) is 25.8 Å². The molecule has 0 saturated carbocycles. The molecule has 0 radical (unpaired) electrons. The smallest absolute Gasteiger partial charge is 0.189 e. The summed E-state index contributed by atoms with van der Waals surface area (Å²) < 4.78 is 16.5. The van der Waals surface area contributed by atoms with Crippen molar-refractivity contribution in [2.45, 2.75) is 6.42 Å². The lowest BCUT2D eigenvalue weighted by molar-refractivity contribution is 0.104. The van der Waals surface area contributed by atoms with Crippen LogP contribution in [-0.4, -0.2) is 70.5 Å². The molecule has 0 amide bonds. The lowest BCUT2D eigenvalue weighted by atomic mass is 10.1. The number of Topliss-reactive ketones (excluding diaryl/α,β-unsaturated/α-hetero) is 1. The summed E-state index contributed by atoms with van der Waals surface area (Å²) in [6.07, 6.45) is 2.48. The monoisotopic (exact) mass is 461 g/mol. The molecule has 3 heterocycles. The number of thiazole rings is 1. The van der Waals surface area contributed by atoms with Crippen molar-refractivity contribution in [3.8, 4) is 5.75 Å². The Kier molecular flexibility index (Phi) is 5.88. The van der Waals surface area contributed by atoms with Crippen LogP contribution in [0, 0.1) is 0 Å². The van der Waals surface area contributed by atoms with E-state index in [1.54, 1.807) is 7.11 Å². The Bertz CT molecular complexity index is 1030. The van der Waals surface area contributed by atoms with Gasteiger partial charge in [-0.05, 0) is 23.8 Å². The van der Waals surface area contributed by atoms with Crippen molar-refractivity contribution in [3.05, 3.63) is 38.9 Å². The number of hydrogen-bond donors (Lipinski definition) is 0. The molecule has 7 nitrogen and oxygen atoms in total. The van der Waals surface area contributed by atoms with Crippen LogP contribution < -0.4 is 14.5 Å². The van der Waals surface area contributed by atoms with Crippen LogP contribution in [0.15, 0.2) is 17.7 Å². The molecule has 31 heavy (non-hydrogen) atoms. The second kappa shape index (κ2) is 8.78. The number of benzene rings is 1. The van der Waals surface area contributed by atoms with Crippen molar-refractivity contribution in [1.29, 1.82) is 0 Å². The number of fused-ring (bicyclic) bond motifs is 1. The molecule has 1 aliphatic carbocycles. The third-order valence-corrected chi connectivity index (χ3v) is 7.32. The Morgan fingerprint density at radius 3 is 2.45 bits per heavy atom. The standard InChI is InChI=1S/C22H24ClN3O4S/c1-28-18-13-16-14(11-17(18)25-2-6-29-7-3-25)10-15(20(16)27)12-19-21(23)24-22(31-19)26-4-8-30-9-5-26/h11-13H,2-10H2,1H3/b15-12+. The van der Waals surface area contributed by atoms with Crippen LogP contribution in [0.5, 0.6) is 5.75 Å². The molecule has 1 aromatic heterocycles. The summed E-state index contributed by atoms with van der Waals surface area (Å²) in [5.74, 6) is 0.750. The first-order valence-electron chi connectivity index (χ1n) is 10.4. The highest BCUT2D eigenvalue weighted by atomic mass is 35.5. The molecule has 0 N–H and O–H groups in total. The predicted molar refractivity (Wildman–Crippen MR) is 122 cm³/mol. The minimum atomic E-state index is 0.0271. The highest BCUT2D eigenvalue weighted by Crippen LogP contribution is 2.39. The molecular formula is C22H24ClN3O4S. The zero-order valence-corrected chi connectivity index (χ0v) is 18.9. The molecular weight excluding hydrogens is 438 g/mol. The van der Waals surface area contributed by atoms with E-state index >= 15 is 0 Å². The normalized spacial score (nSPS) is 20.5. The predicted octanol–water partition coefficient (Wildman–Crippen LogP) is 3.30. The summed E-state index contributed by atoms with van der Waals surface area (Å²) in [6, 6.07) is 3.96. The molecule has 2 aliphatic heterocycles. The number of aromatic nitrogens is 1. The molecule has 0 bridgehead atoms. The van der Waals surface area contributed by atoms with Gasteiger partial charge in [-0.15, -0.1) is 0 Å². The lowest BCUT2D eigenvalue weighted by Crippen LogP contribution is -2.36. The van der Waals surface area contributed by atoms with Gasteiger partial charge in [-0.1, -0.05) is 22.9 Å². The molecule has 2 saturated heterocycles. The number of carbonyl (C=O) groups excluding carboxylic acids is 1. The van der Waals surface area contributed by atoms with Crippen LogP contribution in [0.3, 0.4) is 0 Å². The molecule has 9 heteroatoms. The quantitative estimate of drug-likeness (QED) is 0.647. The summed E-state index contributed by atoms with van der Waals surface area (Å²) in [5.41, 5.74) is 3.47. The van der Waals surface area contributed by atoms with Crippen molar-refractivity contribution in [2.24, 2.45) is 0 Å². The number of carbonyl (C=O) groups is 1. The van der Waals surface area contributed by atoms with E-state index in [1.807, 2.05) is 12.1 Å². The van der Waals surface area contributed by atoms with E-state index in [-0.39, 0.29) is 5.78 Å². The SMILES string of the molecule is COc1cc2c(cc1N1CCOCC1)C/C(=C\c1sc(N3CCOCC3)nc1Cl)C2=O. The lowest BCUT2D eigenvalue weighted by Gasteiger charge is -2.30. The van der Waals surface area contributed by atoms with Crippen LogP contribution in [-0.2, 0) is 15.9 Å². The van der Waals surface area contributed by atoms with Gasteiger partial charge in [0.1, 0.15) is 10.9 Å². The summed E-state index contributed by atoms with van der Waals surface area (Å²) in [5, 5.41) is 1.31. The zero-order chi connectivity index (χ0) is 21.4. The maximum atomic E-state index is 13.1. The van der Waals surface area contributed by atoms with Gasteiger partial charge < -0.3 is 24.0 Å². The number of rotatable bonds is 4. The minimum absolute atomic E-state index is 0.0271. The van der Waals surface area contributed by atoms with Gasteiger partial charge in [0.15, 0.2) is 10.9 Å². The number of methoxy groups -OCH3 is 1. The Hall–Kier alpha value is -2.13. The molecule has 2 aromatic rings. The fourth-order valence-corrected chi connectivity index (χ4v) is 5.48. The van der Waals surface area contributed by atoms with Gasteiger partial charge in [0.2, 0.25) is 0 Å². The summed E-state index contributed by atoms with van der Waals surface area (Å²) in [6.45, 7) is 5.99. The number of halogens is 1. The van der Waals surface area contributed by atoms with Crippen molar-refractivity contribution in [1.82, 2.24) is 4.98 Å². The Morgan fingerprint density at radius 1 is 1.10 bits per heavy atom. The number of ketones is 1. The highest BCUT2D eigenvalue weighted by Gasteiger charge is 2.29. The first kappa shape index (κ1) is 20.8. The zero-order valence-electron chi connectivity index (χ0n) is 17.4. The average Bonchev–Trinajstić information content (AvgIpc) is 3.33. The highest BCUT2D eigenvalue weighted by molar-refractivity contribution is 7.17. The van der Waals surface area contributed by atoms with Crippen molar-refractivity contribution >= 4 is 45.6 Å². The minimum Gasteiger partial charge on any atom is -0.495 e. The largest absolute Gasteiger partial charge is 0.495 e. The van der Waals surface area contributed by atoms with Gasteiger partial charge in [0.05, 0.1) is 44.1 Å². The van der Waals surface area contributed by atoms with Crippen molar-refractivity contribution < 1.29 is 19.0 Å². The molecule has 1 aromatic carbocycles. The molecule has 0 spiro atoms. The van der Waals surface area contributed by atoms with E-state index in [0.29, 0.717) is 43.6 Å². The number of ether oxygens (including phenoxy) is 3. The second-order valence-electron chi connectivity index (χ2n) is 7.71. The van der Waals surface area contributed by atoms with Gasteiger partial charge in [0.25, 0.3) is 0 Å². The van der Waals surface area contributed by atoms with Gasteiger partial charge in [-0.25, -0.2) is 4.98 Å². The van der Waals surface area contributed by atoms with Gasteiger partial charge in [-0.2, -0.15) is 0 Å². The molecule has 164 valence electrons. The fraction of sp³-hybridized carbons (Fsp3) is 0.455. The van der Waals surface area contributed by atoms with E-state index < -0.39 is 0 Å². The van der Waals surface area contributed by atoms with E-state index in [0.717, 1.165) is 58.8 Å². The summed E-state index contributed by atoms with van der Waals surface area (Å²) in [4.78, 5) is 22.9. The number of anilines is 2. The Morgan fingerprint density at radius 2 is 1.77 bits per heavy atom. The maximum Gasteiger partial charge on any atom is 0.189 e. The molecule has 2 fully saturated rings. The van der Waals surface area contributed by atoms with E-state index in [2.05, 4.69) is 20.9 Å². The number of morpholine rings is 2. The number of allylic oxidation sites excluding steroid dienone is 1. The fourth-order valence-electron chi connectivity index (χ4n) is 4.20. The Balaban J connectivity index is 1.43.